The maximum Gasteiger partial charge on any atom is 0.416 e. The first-order valence-electron chi connectivity index (χ1n) is 8.23. The first-order valence-corrected chi connectivity index (χ1v) is 8.61. The minimum absolute atomic E-state index is 0.133. The largest absolute Gasteiger partial charge is 0.416 e. The molecule has 7 heteroatoms. The Labute approximate surface area is 161 Å². The summed E-state index contributed by atoms with van der Waals surface area (Å²) in [5, 5.41) is 1.33. The molecule has 0 spiro atoms. The van der Waals surface area contributed by atoms with Crippen LogP contribution < -0.4 is 11.1 Å². The number of aromatic nitrogens is 1. The van der Waals surface area contributed by atoms with Gasteiger partial charge in [-0.25, -0.2) is 4.57 Å². The summed E-state index contributed by atoms with van der Waals surface area (Å²) >= 11 is 6.10. The lowest BCUT2D eigenvalue weighted by Crippen LogP contribution is -2.29. The van der Waals surface area contributed by atoms with Crippen molar-refractivity contribution in [2.75, 3.05) is 0 Å². The van der Waals surface area contributed by atoms with Gasteiger partial charge in [0.15, 0.2) is 0 Å². The summed E-state index contributed by atoms with van der Waals surface area (Å²) in [6.45, 7) is 0. The fourth-order valence-electron chi connectivity index (χ4n) is 3.22. The van der Waals surface area contributed by atoms with Crippen LogP contribution in [0.5, 0.6) is 0 Å². The average molecular weight is 402 g/mol. The number of hydrogen-bond donors (Lipinski definition) is 0. The fraction of sp³-hybridized carbons (Fsp3) is 0.0476. The second-order valence-electron chi connectivity index (χ2n) is 6.20. The third-order valence-corrected chi connectivity index (χ3v) is 4.85. The minimum Gasteiger partial charge on any atom is -0.268 e. The summed E-state index contributed by atoms with van der Waals surface area (Å²) in [7, 11) is 0. The Morgan fingerprint density at radius 2 is 1.18 bits per heavy atom. The Bertz CT molecular complexity index is 1290. The zero-order valence-electron chi connectivity index (χ0n) is 14.1. The first kappa shape index (κ1) is 18.3. The van der Waals surface area contributed by atoms with Crippen molar-refractivity contribution in [2.24, 2.45) is 0 Å². The summed E-state index contributed by atoms with van der Waals surface area (Å²) < 4.78 is 40.3. The van der Waals surface area contributed by atoms with E-state index >= 15 is 0 Å². The topological polar surface area (TPSA) is 39.1 Å². The van der Waals surface area contributed by atoms with Crippen molar-refractivity contribution in [3.63, 3.8) is 0 Å². The van der Waals surface area contributed by atoms with Gasteiger partial charge in [-0.05, 0) is 41.1 Å². The van der Waals surface area contributed by atoms with Crippen LogP contribution in [0.3, 0.4) is 0 Å². The second-order valence-corrected chi connectivity index (χ2v) is 6.61. The standard InChI is InChI=1S/C21H11ClF3NO2/c22-17-10-9-12(21(23,24)25)11-18(17)26-19(27)15-7-3-1-5-13(15)14-6-2-4-8-16(14)20(26)28/h1-11H. The molecule has 0 aliphatic heterocycles. The highest BCUT2D eigenvalue weighted by atomic mass is 35.5. The molecule has 4 aromatic rings. The molecule has 3 aromatic carbocycles. The SMILES string of the molecule is O=c1c2ccccc2c2ccccc2c(=O)n1-c1cc(C(F)(F)F)ccc1Cl. The van der Waals surface area contributed by atoms with Crippen LogP contribution in [0.25, 0.3) is 27.2 Å². The van der Waals surface area contributed by atoms with Gasteiger partial charge >= 0.3 is 6.18 Å². The third kappa shape index (κ3) is 2.86. The molecule has 0 atom stereocenters. The first-order chi connectivity index (χ1) is 13.3. The Morgan fingerprint density at radius 3 is 1.64 bits per heavy atom. The summed E-state index contributed by atoms with van der Waals surface area (Å²) in [6, 6.07) is 15.7. The quantitative estimate of drug-likeness (QED) is 0.441. The highest BCUT2D eigenvalue weighted by Crippen LogP contribution is 2.32. The van der Waals surface area contributed by atoms with Crippen LogP contribution in [0.4, 0.5) is 13.2 Å². The van der Waals surface area contributed by atoms with Gasteiger partial charge in [0.2, 0.25) is 0 Å². The number of benzene rings is 3. The van der Waals surface area contributed by atoms with E-state index in [4.69, 9.17) is 11.6 Å². The van der Waals surface area contributed by atoms with E-state index in [0.717, 1.165) is 12.1 Å². The maximum atomic E-state index is 13.2. The van der Waals surface area contributed by atoms with E-state index in [1.807, 2.05) is 0 Å². The van der Waals surface area contributed by atoms with Crippen molar-refractivity contribution in [3.8, 4) is 5.69 Å². The van der Waals surface area contributed by atoms with Gasteiger partial charge in [0.25, 0.3) is 11.1 Å². The summed E-state index contributed by atoms with van der Waals surface area (Å²) in [6.07, 6.45) is -4.65. The molecule has 1 heterocycles. The summed E-state index contributed by atoms with van der Waals surface area (Å²) in [5.74, 6) is 0. The molecule has 0 aliphatic carbocycles. The lowest BCUT2D eigenvalue weighted by Gasteiger charge is -2.11. The molecule has 0 N–H and O–H groups in total. The van der Waals surface area contributed by atoms with Gasteiger partial charge in [0.1, 0.15) is 0 Å². The fourth-order valence-corrected chi connectivity index (χ4v) is 3.42. The monoisotopic (exact) mass is 401 g/mol. The van der Waals surface area contributed by atoms with Crippen molar-refractivity contribution >= 4 is 33.1 Å². The zero-order valence-corrected chi connectivity index (χ0v) is 14.9. The Balaban J connectivity index is 2.27. The molecule has 28 heavy (non-hydrogen) atoms. The van der Waals surface area contributed by atoms with Crippen molar-refractivity contribution in [1.82, 2.24) is 4.57 Å². The van der Waals surface area contributed by atoms with Crippen LogP contribution in [0.2, 0.25) is 5.02 Å². The molecule has 0 fully saturated rings. The van der Waals surface area contributed by atoms with E-state index in [1.165, 1.54) is 12.1 Å². The molecule has 0 amide bonds. The Morgan fingerprint density at radius 1 is 0.714 bits per heavy atom. The van der Waals surface area contributed by atoms with Gasteiger partial charge in [-0.15, -0.1) is 0 Å². The van der Waals surface area contributed by atoms with Crippen molar-refractivity contribution in [2.45, 2.75) is 6.18 Å². The van der Waals surface area contributed by atoms with Gasteiger partial charge in [-0.3, -0.25) is 9.59 Å². The molecule has 0 unspecified atom stereocenters. The number of halogens is 4. The second kappa shape index (κ2) is 6.49. The van der Waals surface area contributed by atoms with E-state index in [0.29, 0.717) is 21.4 Å². The summed E-state index contributed by atoms with van der Waals surface area (Å²) in [4.78, 5) is 26.4. The maximum absolute atomic E-state index is 13.2. The molecular weight excluding hydrogens is 391 g/mol. The van der Waals surface area contributed by atoms with Crippen molar-refractivity contribution in [3.05, 3.63) is 98.0 Å². The summed E-state index contributed by atoms with van der Waals surface area (Å²) in [5.41, 5.74) is -2.78. The number of rotatable bonds is 1. The number of nitrogens with zero attached hydrogens (tertiary/aromatic N) is 1. The smallest absolute Gasteiger partial charge is 0.268 e. The van der Waals surface area contributed by atoms with Gasteiger partial charge < -0.3 is 0 Å². The number of alkyl halides is 3. The Hall–Kier alpha value is -3.12. The van der Waals surface area contributed by atoms with Gasteiger partial charge in [0, 0.05) is 10.8 Å². The molecular formula is C21H11ClF3NO2. The molecule has 0 radical (unpaired) electrons. The van der Waals surface area contributed by atoms with E-state index in [2.05, 4.69) is 0 Å². The lowest BCUT2D eigenvalue weighted by molar-refractivity contribution is -0.137. The van der Waals surface area contributed by atoms with Crippen LogP contribution >= 0.6 is 11.6 Å². The van der Waals surface area contributed by atoms with Crippen LogP contribution in [0, 0.1) is 0 Å². The van der Waals surface area contributed by atoms with E-state index in [-0.39, 0.29) is 21.5 Å². The van der Waals surface area contributed by atoms with E-state index in [9.17, 15) is 22.8 Å². The Kier molecular flexibility index (Phi) is 4.23. The normalized spacial score (nSPS) is 11.9. The molecule has 0 aliphatic rings. The molecule has 1 aromatic heterocycles. The predicted octanol–water partition coefficient (Wildman–Crippen LogP) is 5.18. The molecule has 0 bridgehead atoms. The molecule has 4 rings (SSSR count). The molecule has 0 saturated carbocycles. The highest BCUT2D eigenvalue weighted by molar-refractivity contribution is 6.32. The van der Waals surface area contributed by atoms with Crippen LogP contribution in [0.15, 0.2) is 76.3 Å². The number of fused-ring (bicyclic) bond motifs is 3. The van der Waals surface area contributed by atoms with Gasteiger partial charge in [-0.1, -0.05) is 48.0 Å². The van der Waals surface area contributed by atoms with E-state index in [1.54, 1.807) is 36.4 Å². The highest BCUT2D eigenvalue weighted by Gasteiger charge is 2.31. The van der Waals surface area contributed by atoms with Crippen LogP contribution in [0.1, 0.15) is 5.56 Å². The van der Waals surface area contributed by atoms with Crippen molar-refractivity contribution < 1.29 is 13.2 Å². The third-order valence-electron chi connectivity index (χ3n) is 4.53. The minimum atomic E-state index is -4.65. The van der Waals surface area contributed by atoms with Crippen molar-refractivity contribution in [1.29, 1.82) is 0 Å². The van der Waals surface area contributed by atoms with Gasteiger partial charge in [-0.2, -0.15) is 13.2 Å². The lowest BCUT2D eigenvalue weighted by atomic mass is 10.1. The number of hydrogen-bond acceptors (Lipinski definition) is 2. The van der Waals surface area contributed by atoms with E-state index < -0.39 is 22.9 Å². The average Bonchev–Trinajstić information content (AvgIpc) is 2.76. The zero-order chi connectivity index (χ0) is 20.1. The predicted molar refractivity (Wildman–Crippen MR) is 103 cm³/mol. The van der Waals surface area contributed by atoms with Crippen LogP contribution in [-0.4, -0.2) is 4.57 Å². The van der Waals surface area contributed by atoms with Crippen LogP contribution in [-0.2, 0) is 6.18 Å². The molecule has 0 saturated heterocycles. The van der Waals surface area contributed by atoms with Gasteiger partial charge in [0.05, 0.1) is 16.3 Å². The molecule has 140 valence electrons. The molecule has 3 nitrogen and oxygen atoms in total.